The van der Waals surface area contributed by atoms with Crippen LogP contribution in [0.15, 0.2) is 30.5 Å². The average molecular weight is 275 g/mol. The summed E-state index contributed by atoms with van der Waals surface area (Å²) in [5.74, 6) is 2.59. The van der Waals surface area contributed by atoms with E-state index in [0.29, 0.717) is 0 Å². The molecule has 0 amide bonds. The molecule has 0 aliphatic carbocycles. The number of hydrogen-bond acceptors (Lipinski definition) is 3. The molecule has 1 saturated heterocycles. The first-order chi connectivity index (χ1) is 9.42. The number of aromatic amines is 1. The van der Waals surface area contributed by atoms with Crippen LogP contribution >= 0.6 is 11.8 Å². The lowest BCUT2D eigenvalue weighted by Crippen LogP contribution is -2.37. The number of thioether (sulfide) groups is 1. The largest absolute Gasteiger partial charge is 0.361 e. The molecule has 1 aliphatic rings. The van der Waals surface area contributed by atoms with Gasteiger partial charge in [-0.3, -0.25) is 0 Å². The Morgan fingerprint density at radius 2 is 2.11 bits per heavy atom. The van der Waals surface area contributed by atoms with Gasteiger partial charge in [0.2, 0.25) is 0 Å². The average Bonchev–Trinajstić information content (AvgIpc) is 2.92. The second-order valence-corrected chi connectivity index (χ2v) is 6.25. The first-order valence-corrected chi connectivity index (χ1v) is 8.14. The van der Waals surface area contributed by atoms with Crippen molar-refractivity contribution in [3.63, 3.8) is 0 Å². The van der Waals surface area contributed by atoms with Gasteiger partial charge in [0.05, 0.1) is 0 Å². The number of H-pyrrole nitrogens is 1. The van der Waals surface area contributed by atoms with E-state index in [4.69, 9.17) is 0 Å². The van der Waals surface area contributed by atoms with E-state index in [0.717, 1.165) is 13.1 Å². The third kappa shape index (κ3) is 3.53. The molecule has 4 heteroatoms. The molecule has 0 saturated carbocycles. The van der Waals surface area contributed by atoms with Crippen LogP contribution < -0.4 is 5.32 Å². The summed E-state index contributed by atoms with van der Waals surface area (Å²) in [6.07, 6.45) is 2.00. The molecule has 1 aliphatic heterocycles. The lowest BCUT2D eigenvalue weighted by atomic mass is 10.1. The second kappa shape index (κ2) is 6.46. The molecule has 2 heterocycles. The van der Waals surface area contributed by atoms with Crippen molar-refractivity contribution in [2.75, 3.05) is 37.7 Å². The molecule has 1 aromatic carbocycles. The molecular weight excluding hydrogens is 254 g/mol. The van der Waals surface area contributed by atoms with Gasteiger partial charge in [0, 0.05) is 55.9 Å². The fourth-order valence-electron chi connectivity index (χ4n) is 2.51. The van der Waals surface area contributed by atoms with Crippen LogP contribution in [0, 0.1) is 0 Å². The molecule has 0 spiro atoms. The van der Waals surface area contributed by atoms with Crippen LogP contribution in [0.3, 0.4) is 0 Å². The number of rotatable bonds is 5. The van der Waals surface area contributed by atoms with E-state index in [1.165, 1.54) is 47.6 Å². The zero-order chi connectivity index (χ0) is 12.9. The maximum absolute atomic E-state index is 3.55. The van der Waals surface area contributed by atoms with E-state index in [-0.39, 0.29) is 0 Å². The molecule has 0 unspecified atom stereocenters. The number of nitrogens with zero attached hydrogens (tertiary/aromatic N) is 1. The monoisotopic (exact) mass is 275 g/mol. The van der Waals surface area contributed by atoms with E-state index in [2.05, 4.69) is 51.2 Å². The second-order valence-electron chi connectivity index (χ2n) is 5.03. The predicted octanol–water partition coefficient (Wildman–Crippen LogP) is 2.31. The smallest absolute Gasteiger partial charge is 0.0454 e. The zero-order valence-corrected chi connectivity index (χ0v) is 12.0. The molecule has 0 atom stereocenters. The van der Waals surface area contributed by atoms with Crippen molar-refractivity contribution in [1.82, 2.24) is 15.2 Å². The summed E-state index contributed by atoms with van der Waals surface area (Å²) >= 11 is 2.07. The number of aromatic nitrogens is 1. The first kappa shape index (κ1) is 13.0. The van der Waals surface area contributed by atoms with E-state index in [1.807, 2.05) is 6.20 Å². The highest BCUT2D eigenvalue weighted by Gasteiger charge is 2.08. The first-order valence-electron chi connectivity index (χ1n) is 6.99. The molecular formula is C15H21N3S. The number of nitrogens with one attached hydrogen (secondary N) is 2. The van der Waals surface area contributed by atoms with Gasteiger partial charge in [0.1, 0.15) is 0 Å². The number of hydrogen-bond donors (Lipinski definition) is 2. The summed E-state index contributed by atoms with van der Waals surface area (Å²) in [5, 5.41) is 4.85. The van der Waals surface area contributed by atoms with Gasteiger partial charge in [0.25, 0.3) is 0 Å². The minimum Gasteiger partial charge on any atom is -0.361 e. The van der Waals surface area contributed by atoms with Crippen molar-refractivity contribution < 1.29 is 0 Å². The Morgan fingerprint density at radius 1 is 1.21 bits per heavy atom. The Hall–Kier alpha value is -0.970. The zero-order valence-electron chi connectivity index (χ0n) is 11.2. The van der Waals surface area contributed by atoms with Gasteiger partial charge in [0.15, 0.2) is 0 Å². The molecule has 1 aromatic heterocycles. The van der Waals surface area contributed by atoms with Crippen LogP contribution in [0.2, 0.25) is 0 Å². The third-order valence-corrected chi connectivity index (χ3v) is 4.60. The van der Waals surface area contributed by atoms with E-state index >= 15 is 0 Å². The Kier molecular flexibility index (Phi) is 4.43. The molecule has 3 rings (SSSR count). The van der Waals surface area contributed by atoms with Crippen molar-refractivity contribution in [1.29, 1.82) is 0 Å². The van der Waals surface area contributed by atoms with E-state index in [1.54, 1.807) is 0 Å². The van der Waals surface area contributed by atoms with Gasteiger partial charge in [-0.25, -0.2) is 0 Å². The molecule has 102 valence electrons. The van der Waals surface area contributed by atoms with Gasteiger partial charge in [-0.1, -0.05) is 6.07 Å². The van der Waals surface area contributed by atoms with Crippen molar-refractivity contribution in [2.45, 2.75) is 6.54 Å². The van der Waals surface area contributed by atoms with Crippen molar-refractivity contribution >= 4 is 22.7 Å². The maximum Gasteiger partial charge on any atom is 0.0454 e. The van der Waals surface area contributed by atoms with Crippen LogP contribution in [-0.2, 0) is 6.54 Å². The highest BCUT2D eigenvalue weighted by molar-refractivity contribution is 7.99. The quantitative estimate of drug-likeness (QED) is 0.821. The van der Waals surface area contributed by atoms with E-state index in [9.17, 15) is 0 Å². The Morgan fingerprint density at radius 3 is 3.00 bits per heavy atom. The van der Waals surface area contributed by atoms with Gasteiger partial charge >= 0.3 is 0 Å². The summed E-state index contributed by atoms with van der Waals surface area (Å²) in [5.41, 5.74) is 2.58. The minimum absolute atomic E-state index is 0.962. The number of benzene rings is 1. The molecule has 1 fully saturated rings. The van der Waals surface area contributed by atoms with Crippen LogP contribution in [-0.4, -0.2) is 47.6 Å². The summed E-state index contributed by atoms with van der Waals surface area (Å²) in [4.78, 5) is 5.78. The molecule has 0 radical (unpaired) electrons. The predicted molar refractivity (Wildman–Crippen MR) is 83.8 cm³/mol. The molecule has 2 aromatic rings. The summed E-state index contributed by atoms with van der Waals surface area (Å²) in [7, 11) is 0. The molecule has 2 N–H and O–H groups in total. The standard InChI is InChI=1S/C15H21N3S/c1-2-15-14(3-4-17-15)11-13(1)12-16-5-6-18-7-9-19-10-8-18/h1-4,11,16-17H,5-10,12H2. The minimum atomic E-state index is 0.962. The van der Waals surface area contributed by atoms with Crippen molar-refractivity contribution in [3.05, 3.63) is 36.0 Å². The summed E-state index contributed by atoms with van der Waals surface area (Å²) < 4.78 is 0. The molecule has 19 heavy (non-hydrogen) atoms. The highest BCUT2D eigenvalue weighted by Crippen LogP contribution is 2.14. The van der Waals surface area contributed by atoms with Gasteiger partial charge < -0.3 is 15.2 Å². The summed E-state index contributed by atoms with van der Waals surface area (Å²) in [6, 6.07) is 8.75. The van der Waals surface area contributed by atoms with Crippen LogP contribution in [0.4, 0.5) is 0 Å². The fraction of sp³-hybridized carbons (Fsp3) is 0.467. The topological polar surface area (TPSA) is 31.1 Å². The fourth-order valence-corrected chi connectivity index (χ4v) is 3.49. The lowest BCUT2D eigenvalue weighted by molar-refractivity contribution is 0.301. The van der Waals surface area contributed by atoms with Crippen LogP contribution in [0.25, 0.3) is 10.9 Å². The molecule has 3 nitrogen and oxygen atoms in total. The van der Waals surface area contributed by atoms with Crippen molar-refractivity contribution in [3.8, 4) is 0 Å². The van der Waals surface area contributed by atoms with E-state index < -0.39 is 0 Å². The SMILES string of the molecule is c1cc2cc(CNCCN3CCSCC3)ccc2[nH]1. The van der Waals surface area contributed by atoms with Gasteiger partial charge in [-0.2, -0.15) is 11.8 Å². The maximum atomic E-state index is 3.55. The van der Waals surface area contributed by atoms with Gasteiger partial charge in [-0.15, -0.1) is 0 Å². The highest BCUT2D eigenvalue weighted by atomic mass is 32.2. The molecule has 0 bridgehead atoms. The Labute approximate surface area is 118 Å². The van der Waals surface area contributed by atoms with Gasteiger partial charge in [-0.05, 0) is 29.1 Å². The number of fused-ring (bicyclic) bond motifs is 1. The van der Waals surface area contributed by atoms with Crippen LogP contribution in [0.1, 0.15) is 5.56 Å². The Balaban J connectivity index is 1.43. The van der Waals surface area contributed by atoms with Crippen LogP contribution in [0.5, 0.6) is 0 Å². The normalized spacial score (nSPS) is 17.1. The third-order valence-electron chi connectivity index (χ3n) is 3.66. The Bertz CT molecular complexity index is 517. The van der Waals surface area contributed by atoms with Crippen molar-refractivity contribution in [2.24, 2.45) is 0 Å². The lowest BCUT2D eigenvalue weighted by Gasteiger charge is -2.26. The summed E-state index contributed by atoms with van der Waals surface area (Å²) in [6.45, 7) is 5.72.